The maximum atomic E-state index is 11.0. The lowest BCUT2D eigenvalue weighted by Crippen LogP contribution is -2.11. The first-order chi connectivity index (χ1) is 7.28. The van der Waals surface area contributed by atoms with Crippen LogP contribution in [-0.2, 0) is 10.0 Å². The molecule has 0 atom stereocenters. The molecule has 0 heterocycles. The van der Waals surface area contributed by atoms with Gasteiger partial charge in [-0.25, -0.2) is 8.42 Å². The van der Waals surface area contributed by atoms with Crippen molar-refractivity contribution >= 4 is 21.4 Å². The molecule has 6 heteroatoms. The van der Waals surface area contributed by atoms with Crippen LogP contribution < -0.4 is 15.2 Å². The Morgan fingerprint density at radius 1 is 1.38 bits per heavy atom. The molecule has 1 aromatic rings. The fraction of sp³-hybridized carbons (Fsp3) is 0.400. The fourth-order valence-electron chi connectivity index (χ4n) is 1.17. The Kier molecular flexibility index (Phi) is 3.64. The molecule has 0 amide bonds. The van der Waals surface area contributed by atoms with Gasteiger partial charge in [0.15, 0.2) is 0 Å². The first kappa shape index (κ1) is 12.6. The predicted octanol–water partition coefficient (Wildman–Crippen LogP) is 1.43. The zero-order valence-corrected chi connectivity index (χ0v) is 10.3. The van der Waals surface area contributed by atoms with E-state index in [1.807, 2.05) is 13.8 Å². The Labute approximate surface area is 95.7 Å². The average molecular weight is 244 g/mol. The normalized spacial score (nSPS) is 11.5. The number of benzene rings is 1. The number of nitrogens with one attached hydrogen (secondary N) is 1. The van der Waals surface area contributed by atoms with Gasteiger partial charge in [-0.3, -0.25) is 4.72 Å². The van der Waals surface area contributed by atoms with Crippen LogP contribution in [0.5, 0.6) is 5.75 Å². The number of anilines is 2. The van der Waals surface area contributed by atoms with Crippen molar-refractivity contribution in [2.75, 3.05) is 16.7 Å². The minimum atomic E-state index is -3.28. The van der Waals surface area contributed by atoms with Gasteiger partial charge < -0.3 is 10.5 Å². The molecule has 16 heavy (non-hydrogen) atoms. The molecule has 3 N–H and O–H groups in total. The van der Waals surface area contributed by atoms with Crippen LogP contribution in [0.1, 0.15) is 13.8 Å². The van der Waals surface area contributed by atoms with E-state index >= 15 is 0 Å². The molecule has 0 saturated heterocycles. The smallest absolute Gasteiger partial charge is 0.229 e. The monoisotopic (exact) mass is 244 g/mol. The summed E-state index contributed by atoms with van der Waals surface area (Å²) in [7, 11) is -3.28. The second-order valence-electron chi connectivity index (χ2n) is 3.79. The number of sulfonamides is 1. The van der Waals surface area contributed by atoms with Crippen molar-refractivity contribution in [3.05, 3.63) is 18.2 Å². The molecule has 0 spiro atoms. The molecule has 0 saturated carbocycles. The Hall–Kier alpha value is -1.43. The lowest BCUT2D eigenvalue weighted by atomic mass is 10.2. The minimum absolute atomic E-state index is 0.0178. The van der Waals surface area contributed by atoms with Gasteiger partial charge in [0.25, 0.3) is 0 Å². The van der Waals surface area contributed by atoms with Crippen LogP contribution in [0.2, 0.25) is 0 Å². The largest absolute Gasteiger partial charge is 0.489 e. The maximum Gasteiger partial charge on any atom is 0.229 e. The highest BCUT2D eigenvalue weighted by molar-refractivity contribution is 7.92. The number of hydrogen-bond donors (Lipinski definition) is 2. The van der Waals surface area contributed by atoms with E-state index in [4.69, 9.17) is 10.5 Å². The van der Waals surface area contributed by atoms with Crippen molar-refractivity contribution in [3.63, 3.8) is 0 Å². The maximum absolute atomic E-state index is 11.0. The number of rotatable bonds is 4. The van der Waals surface area contributed by atoms with Gasteiger partial charge >= 0.3 is 0 Å². The Morgan fingerprint density at radius 2 is 2.00 bits per heavy atom. The van der Waals surface area contributed by atoms with Crippen molar-refractivity contribution in [1.82, 2.24) is 0 Å². The molecule has 5 nitrogen and oxygen atoms in total. The van der Waals surface area contributed by atoms with Gasteiger partial charge in [0.1, 0.15) is 5.75 Å². The van der Waals surface area contributed by atoms with Gasteiger partial charge in [0, 0.05) is 6.07 Å². The van der Waals surface area contributed by atoms with E-state index in [9.17, 15) is 8.42 Å². The van der Waals surface area contributed by atoms with Gasteiger partial charge in [0.05, 0.1) is 23.7 Å². The summed E-state index contributed by atoms with van der Waals surface area (Å²) in [5, 5.41) is 0. The molecular weight excluding hydrogens is 228 g/mol. The molecule has 1 rings (SSSR count). The molecular formula is C10H16N2O3S. The van der Waals surface area contributed by atoms with Gasteiger partial charge in [0.2, 0.25) is 10.0 Å². The zero-order valence-electron chi connectivity index (χ0n) is 9.52. The molecule has 0 aliphatic heterocycles. The molecule has 0 aliphatic carbocycles. The number of ether oxygens (including phenoxy) is 1. The van der Waals surface area contributed by atoms with Crippen LogP contribution in [0.4, 0.5) is 11.4 Å². The summed E-state index contributed by atoms with van der Waals surface area (Å²) in [6.07, 6.45) is 1.07. The predicted molar refractivity (Wildman–Crippen MR) is 65.1 cm³/mol. The highest BCUT2D eigenvalue weighted by Gasteiger charge is 2.07. The number of nitrogens with two attached hydrogens (primary N) is 1. The molecule has 0 aromatic heterocycles. The summed E-state index contributed by atoms with van der Waals surface area (Å²) >= 11 is 0. The molecule has 0 bridgehead atoms. The number of nitrogen functional groups attached to an aromatic ring is 1. The third-order valence-corrected chi connectivity index (χ3v) is 2.29. The van der Waals surface area contributed by atoms with Crippen molar-refractivity contribution < 1.29 is 13.2 Å². The van der Waals surface area contributed by atoms with E-state index in [-0.39, 0.29) is 6.10 Å². The van der Waals surface area contributed by atoms with E-state index in [1.165, 1.54) is 0 Å². The van der Waals surface area contributed by atoms with E-state index in [0.717, 1.165) is 6.26 Å². The summed E-state index contributed by atoms with van der Waals surface area (Å²) in [6.45, 7) is 3.74. The quantitative estimate of drug-likeness (QED) is 0.785. The van der Waals surface area contributed by atoms with E-state index in [2.05, 4.69) is 4.72 Å². The van der Waals surface area contributed by atoms with Crippen molar-refractivity contribution in [3.8, 4) is 5.75 Å². The molecule has 0 fully saturated rings. The molecule has 0 aliphatic rings. The third-order valence-electron chi connectivity index (χ3n) is 1.68. The molecule has 1 aromatic carbocycles. The highest BCUT2D eigenvalue weighted by Crippen LogP contribution is 2.26. The van der Waals surface area contributed by atoms with E-state index < -0.39 is 10.0 Å². The first-order valence-corrected chi connectivity index (χ1v) is 6.71. The summed E-state index contributed by atoms with van der Waals surface area (Å²) in [4.78, 5) is 0. The highest BCUT2D eigenvalue weighted by atomic mass is 32.2. The second kappa shape index (κ2) is 4.61. The van der Waals surface area contributed by atoms with Crippen molar-refractivity contribution in [2.24, 2.45) is 0 Å². The van der Waals surface area contributed by atoms with Gasteiger partial charge in [-0.15, -0.1) is 0 Å². The van der Waals surface area contributed by atoms with Crippen molar-refractivity contribution in [1.29, 1.82) is 0 Å². The third kappa shape index (κ3) is 3.98. The molecule has 90 valence electrons. The van der Waals surface area contributed by atoms with Crippen LogP contribution in [0.15, 0.2) is 18.2 Å². The summed E-state index contributed by atoms with van der Waals surface area (Å²) in [6, 6.07) is 4.76. The van der Waals surface area contributed by atoms with Gasteiger partial charge in [-0.1, -0.05) is 0 Å². The van der Waals surface area contributed by atoms with Gasteiger partial charge in [-0.05, 0) is 26.0 Å². The fourth-order valence-corrected chi connectivity index (χ4v) is 1.72. The van der Waals surface area contributed by atoms with Crippen molar-refractivity contribution in [2.45, 2.75) is 20.0 Å². The van der Waals surface area contributed by atoms with Crippen LogP contribution in [0.25, 0.3) is 0 Å². The van der Waals surface area contributed by atoms with Crippen LogP contribution in [0.3, 0.4) is 0 Å². The Balaban J connectivity index is 2.98. The van der Waals surface area contributed by atoms with E-state index in [1.54, 1.807) is 18.2 Å². The lowest BCUT2D eigenvalue weighted by Gasteiger charge is -2.13. The van der Waals surface area contributed by atoms with Crippen LogP contribution >= 0.6 is 0 Å². The number of hydrogen-bond acceptors (Lipinski definition) is 4. The summed E-state index contributed by atoms with van der Waals surface area (Å²) < 4.78 is 29.9. The zero-order chi connectivity index (χ0) is 12.3. The first-order valence-electron chi connectivity index (χ1n) is 4.82. The second-order valence-corrected chi connectivity index (χ2v) is 5.54. The minimum Gasteiger partial charge on any atom is -0.489 e. The van der Waals surface area contributed by atoms with Crippen LogP contribution in [0, 0.1) is 0 Å². The molecule has 0 radical (unpaired) electrons. The Morgan fingerprint density at radius 3 is 2.50 bits per heavy atom. The standard InChI is InChI=1S/C10H16N2O3S/c1-7(2)15-10-6-8(4-5-9(10)11)12-16(3,13)14/h4-7,12H,11H2,1-3H3. The molecule has 0 unspecified atom stereocenters. The van der Waals surface area contributed by atoms with Gasteiger partial charge in [-0.2, -0.15) is 0 Å². The van der Waals surface area contributed by atoms with E-state index in [0.29, 0.717) is 17.1 Å². The Bertz CT molecular complexity index is 469. The summed E-state index contributed by atoms with van der Waals surface area (Å²) in [5.74, 6) is 0.476. The SMILES string of the molecule is CC(C)Oc1cc(NS(C)(=O)=O)ccc1N. The topological polar surface area (TPSA) is 81.4 Å². The lowest BCUT2D eigenvalue weighted by molar-refractivity contribution is 0.244. The average Bonchev–Trinajstić information content (AvgIpc) is 2.07. The van der Waals surface area contributed by atoms with Crippen LogP contribution in [-0.4, -0.2) is 20.8 Å². The summed E-state index contributed by atoms with van der Waals surface area (Å²) in [5.41, 5.74) is 6.62.